The van der Waals surface area contributed by atoms with E-state index in [0.29, 0.717) is 12.3 Å². The second-order valence-corrected chi connectivity index (χ2v) is 3.83. The molecule has 0 spiro atoms. The fourth-order valence-corrected chi connectivity index (χ4v) is 1.98. The highest BCUT2D eigenvalue weighted by atomic mass is 16.5. The summed E-state index contributed by atoms with van der Waals surface area (Å²) in [5, 5.41) is 3.08. The van der Waals surface area contributed by atoms with Crippen molar-refractivity contribution in [2.75, 3.05) is 21.3 Å². The molecular weight excluding hydrogens is 230 g/mol. The van der Waals surface area contributed by atoms with Gasteiger partial charge < -0.3 is 19.2 Å². The minimum Gasteiger partial charge on any atom is -0.493 e. The molecule has 0 radical (unpaired) electrons. The summed E-state index contributed by atoms with van der Waals surface area (Å²) in [5.41, 5.74) is 1.98. The van der Waals surface area contributed by atoms with Crippen molar-refractivity contribution in [3.8, 4) is 22.6 Å². The Kier molecular flexibility index (Phi) is 3.89. The number of rotatable bonds is 5. The molecule has 2 rings (SSSR count). The highest BCUT2D eigenvalue weighted by molar-refractivity contribution is 5.75. The summed E-state index contributed by atoms with van der Waals surface area (Å²) in [6, 6.07) is 7.74. The molecule has 0 aliphatic heterocycles. The fraction of sp³-hybridized carbons (Fsp3) is 0.286. The Labute approximate surface area is 107 Å². The Hall–Kier alpha value is -1.94. The Balaban J connectivity index is 2.52. The van der Waals surface area contributed by atoms with E-state index in [2.05, 4.69) is 5.32 Å². The normalized spacial score (nSPS) is 10.4. The molecule has 0 fully saturated rings. The summed E-state index contributed by atoms with van der Waals surface area (Å²) >= 11 is 0. The van der Waals surface area contributed by atoms with Crippen LogP contribution in [0.4, 0.5) is 0 Å². The lowest BCUT2D eigenvalue weighted by atomic mass is 10.0. The zero-order valence-corrected chi connectivity index (χ0v) is 10.8. The molecule has 0 saturated heterocycles. The van der Waals surface area contributed by atoms with Gasteiger partial charge in [0, 0.05) is 11.1 Å². The first kappa shape index (κ1) is 12.5. The van der Waals surface area contributed by atoms with Gasteiger partial charge in [0.05, 0.1) is 27.0 Å². The molecule has 0 amide bonds. The summed E-state index contributed by atoms with van der Waals surface area (Å²) in [7, 11) is 5.15. The predicted molar refractivity (Wildman–Crippen MR) is 70.0 cm³/mol. The van der Waals surface area contributed by atoms with Gasteiger partial charge in [-0.05, 0) is 19.2 Å². The van der Waals surface area contributed by atoms with Crippen LogP contribution in [0.1, 0.15) is 5.76 Å². The van der Waals surface area contributed by atoms with Crippen molar-refractivity contribution < 1.29 is 13.9 Å². The van der Waals surface area contributed by atoms with Gasteiger partial charge in [0.25, 0.3) is 0 Å². The van der Waals surface area contributed by atoms with Crippen molar-refractivity contribution in [2.24, 2.45) is 0 Å². The van der Waals surface area contributed by atoms with Crippen LogP contribution in [0.3, 0.4) is 0 Å². The molecule has 0 atom stereocenters. The topological polar surface area (TPSA) is 43.6 Å². The van der Waals surface area contributed by atoms with E-state index in [1.165, 1.54) is 0 Å². The lowest BCUT2D eigenvalue weighted by Crippen LogP contribution is -2.05. The van der Waals surface area contributed by atoms with E-state index in [9.17, 15) is 0 Å². The van der Waals surface area contributed by atoms with E-state index in [1.54, 1.807) is 20.5 Å². The summed E-state index contributed by atoms with van der Waals surface area (Å²) < 4.78 is 16.2. The summed E-state index contributed by atoms with van der Waals surface area (Å²) in [4.78, 5) is 0. The van der Waals surface area contributed by atoms with Crippen LogP contribution in [0.25, 0.3) is 11.1 Å². The van der Waals surface area contributed by atoms with Gasteiger partial charge in [-0.15, -0.1) is 0 Å². The molecule has 0 bridgehead atoms. The van der Waals surface area contributed by atoms with Crippen molar-refractivity contribution in [3.05, 3.63) is 36.3 Å². The van der Waals surface area contributed by atoms with Gasteiger partial charge in [-0.3, -0.25) is 0 Å². The average molecular weight is 247 g/mol. The molecule has 0 unspecified atom stereocenters. The van der Waals surface area contributed by atoms with Crippen molar-refractivity contribution in [3.63, 3.8) is 0 Å². The first-order valence-corrected chi connectivity index (χ1v) is 5.74. The molecule has 0 saturated carbocycles. The van der Waals surface area contributed by atoms with Crippen molar-refractivity contribution in [2.45, 2.75) is 6.54 Å². The van der Waals surface area contributed by atoms with Crippen molar-refractivity contribution in [1.29, 1.82) is 0 Å². The maximum atomic E-state index is 5.47. The monoisotopic (exact) mass is 247 g/mol. The lowest BCUT2D eigenvalue weighted by Gasteiger charge is -2.12. The maximum Gasteiger partial charge on any atom is 0.168 e. The molecule has 96 valence electrons. The third-order valence-electron chi connectivity index (χ3n) is 2.78. The molecule has 18 heavy (non-hydrogen) atoms. The molecule has 4 nitrogen and oxygen atoms in total. The van der Waals surface area contributed by atoms with E-state index < -0.39 is 0 Å². The van der Waals surface area contributed by atoms with E-state index in [1.807, 2.05) is 31.3 Å². The molecule has 1 N–H and O–H groups in total. The van der Waals surface area contributed by atoms with E-state index in [0.717, 1.165) is 22.6 Å². The number of furan rings is 1. The molecule has 1 aromatic heterocycles. The van der Waals surface area contributed by atoms with Crippen LogP contribution < -0.4 is 14.8 Å². The third-order valence-corrected chi connectivity index (χ3v) is 2.78. The van der Waals surface area contributed by atoms with Gasteiger partial charge in [-0.1, -0.05) is 12.1 Å². The highest BCUT2D eigenvalue weighted by Gasteiger charge is 2.15. The fourth-order valence-electron chi connectivity index (χ4n) is 1.98. The van der Waals surface area contributed by atoms with E-state index in [-0.39, 0.29) is 0 Å². The van der Waals surface area contributed by atoms with Crippen LogP contribution in [0, 0.1) is 0 Å². The number of hydrogen-bond acceptors (Lipinski definition) is 4. The molecular formula is C14H17NO3. The first-order chi connectivity index (χ1) is 8.81. The Morgan fingerprint density at radius 1 is 1.11 bits per heavy atom. The average Bonchev–Trinajstić information content (AvgIpc) is 2.86. The van der Waals surface area contributed by atoms with Crippen molar-refractivity contribution in [1.82, 2.24) is 5.32 Å². The standard InChI is InChI=1S/C14H17NO3/c1-15-9-13-10(7-8-18-13)11-5-4-6-12(16-2)14(11)17-3/h4-8,15H,9H2,1-3H3. The molecule has 0 aliphatic carbocycles. The van der Waals surface area contributed by atoms with Crippen LogP contribution >= 0.6 is 0 Å². The largest absolute Gasteiger partial charge is 0.493 e. The number of ether oxygens (including phenoxy) is 2. The van der Waals surface area contributed by atoms with E-state index >= 15 is 0 Å². The SMILES string of the molecule is CNCc1occc1-c1cccc(OC)c1OC. The van der Waals surface area contributed by atoms with Gasteiger partial charge in [-0.25, -0.2) is 0 Å². The van der Waals surface area contributed by atoms with Gasteiger partial charge in [0.1, 0.15) is 5.76 Å². The lowest BCUT2D eigenvalue weighted by molar-refractivity contribution is 0.356. The zero-order chi connectivity index (χ0) is 13.0. The van der Waals surface area contributed by atoms with Gasteiger partial charge >= 0.3 is 0 Å². The molecule has 4 heteroatoms. The van der Waals surface area contributed by atoms with Crippen LogP contribution in [0.15, 0.2) is 34.9 Å². The first-order valence-electron chi connectivity index (χ1n) is 5.74. The Bertz CT molecular complexity index is 520. The number of nitrogens with one attached hydrogen (secondary N) is 1. The third kappa shape index (κ3) is 2.19. The summed E-state index contributed by atoms with van der Waals surface area (Å²) in [5.74, 6) is 2.31. The van der Waals surface area contributed by atoms with Crippen LogP contribution in [0.5, 0.6) is 11.5 Å². The number of benzene rings is 1. The zero-order valence-electron chi connectivity index (χ0n) is 10.8. The second-order valence-electron chi connectivity index (χ2n) is 3.83. The second kappa shape index (κ2) is 5.60. The van der Waals surface area contributed by atoms with Crippen molar-refractivity contribution >= 4 is 0 Å². The number of hydrogen-bond donors (Lipinski definition) is 1. The molecule has 1 aromatic carbocycles. The van der Waals surface area contributed by atoms with Gasteiger partial charge in [-0.2, -0.15) is 0 Å². The highest BCUT2D eigenvalue weighted by Crippen LogP contribution is 2.39. The number of methoxy groups -OCH3 is 2. The minimum atomic E-state index is 0.669. The van der Waals surface area contributed by atoms with Gasteiger partial charge in [0.2, 0.25) is 0 Å². The quantitative estimate of drug-likeness (QED) is 0.882. The van der Waals surface area contributed by atoms with Crippen LogP contribution in [-0.4, -0.2) is 21.3 Å². The molecule has 0 aliphatic rings. The Morgan fingerprint density at radius 3 is 2.61 bits per heavy atom. The van der Waals surface area contributed by atoms with Gasteiger partial charge in [0.15, 0.2) is 11.5 Å². The minimum absolute atomic E-state index is 0.669. The van der Waals surface area contributed by atoms with E-state index in [4.69, 9.17) is 13.9 Å². The van der Waals surface area contributed by atoms with Crippen LogP contribution in [0.2, 0.25) is 0 Å². The Morgan fingerprint density at radius 2 is 1.94 bits per heavy atom. The van der Waals surface area contributed by atoms with Crippen LogP contribution in [-0.2, 0) is 6.54 Å². The summed E-state index contributed by atoms with van der Waals surface area (Å²) in [6.45, 7) is 0.669. The summed E-state index contributed by atoms with van der Waals surface area (Å²) in [6.07, 6.45) is 1.68. The molecule has 1 heterocycles. The predicted octanol–water partition coefficient (Wildman–Crippen LogP) is 2.68. The smallest absolute Gasteiger partial charge is 0.168 e. The molecule has 2 aromatic rings. The number of para-hydroxylation sites is 1. The maximum absolute atomic E-state index is 5.47.